The van der Waals surface area contributed by atoms with Gasteiger partial charge in [-0.3, -0.25) is 4.79 Å². The van der Waals surface area contributed by atoms with Crippen LogP contribution in [-0.4, -0.2) is 11.2 Å². The molecule has 2 heteroatoms. The van der Waals surface area contributed by atoms with Crippen LogP contribution in [0, 0.1) is 0 Å². The van der Waals surface area contributed by atoms with E-state index in [2.05, 4.69) is 6.92 Å². The summed E-state index contributed by atoms with van der Waals surface area (Å²) < 4.78 is 0. The molecule has 0 heterocycles. The van der Waals surface area contributed by atoms with Crippen LogP contribution in [0.25, 0.3) is 0 Å². The van der Waals surface area contributed by atoms with Crippen molar-refractivity contribution < 1.29 is 4.79 Å². The number of halogens is 1. The summed E-state index contributed by atoms with van der Waals surface area (Å²) in [6.07, 6.45) is 1.62. The molecule has 0 aliphatic carbocycles. The first-order chi connectivity index (χ1) is 6.69. The van der Waals surface area contributed by atoms with E-state index in [-0.39, 0.29) is 11.2 Å². The fourth-order valence-electron chi connectivity index (χ4n) is 1.31. The van der Waals surface area contributed by atoms with Gasteiger partial charge in [0.1, 0.15) is 0 Å². The minimum atomic E-state index is -0.387. The second-order valence-corrected chi connectivity index (χ2v) is 3.82. The van der Waals surface area contributed by atoms with Crippen LogP contribution >= 0.6 is 11.6 Å². The van der Waals surface area contributed by atoms with Crippen LogP contribution in [0.15, 0.2) is 24.3 Å². The molecule has 0 aliphatic heterocycles. The van der Waals surface area contributed by atoms with Gasteiger partial charge in [-0.05, 0) is 24.5 Å². The molecule has 0 fully saturated rings. The zero-order valence-electron chi connectivity index (χ0n) is 8.59. The highest BCUT2D eigenvalue weighted by Gasteiger charge is 2.14. The molecule has 0 spiro atoms. The Morgan fingerprint density at radius 3 is 2.71 bits per heavy atom. The third-order valence-corrected chi connectivity index (χ3v) is 2.77. The molecule has 0 N–H and O–H groups in total. The van der Waals surface area contributed by atoms with E-state index in [0.717, 1.165) is 12.0 Å². The molecule has 76 valence electrons. The zero-order chi connectivity index (χ0) is 10.6. The number of carbonyl (C=O) groups is 1. The predicted molar refractivity (Wildman–Crippen MR) is 60.1 cm³/mol. The average Bonchev–Trinajstić information content (AvgIpc) is 2.27. The van der Waals surface area contributed by atoms with E-state index in [1.165, 1.54) is 5.56 Å². The monoisotopic (exact) mass is 210 g/mol. The molecule has 0 amide bonds. The van der Waals surface area contributed by atoms with Crippen molar-refractivity contribution in [2.24, 2.45) is 0 Å². The maximum absolute atomic E-state index is 11.7. The highest BCUT2D eigenvalue weighted by molar-refractivity contribution is 6.33. The number of rotatable bonds is 4. The second kappa shape index (κ2) is 5.16. The fourth-order valence-corrected chi connectivity index (χ4v) is 1.44. The van der Waals surface area contributed by atoms with Crippen molar-refractivity contribution in [2.75, 3.05) is 0 Å². The topological polar surface area (TPSA) is 17.1 Å². The summed E-state index contributed by atoms with van der Waals surface area (Å²) in [4.78, 5) is 11.7. The number of aryl methyl sites for hydroxylation is 1. The Balaban J connectivity index is 2.90. The normalized spacial score (nSPS) is 12.5. The first-order valence-corrected chi connectivity index (χ1v) is 5.39. The molecule has 0 saturated carbocycles. The predicted octanol–water partition coefficient (Wildman–Crippen LogP) is 3.45. The van der Waals surface area contributed by atoms with Crippen LogP contribution in [0.3, 0.4) is 0 Å². The van der Waals surface area contributed by atoms with Crippen molar-refractivity contribution in [3.63, 3.8) is 0 Å². The van der Waals surface area contributed by atoms with E-state index in [1.54, 1.807) is 0 Å². The molecule has 0 bridgehead atoms. The zero-order valence-corrected chi connectivity index (χ0v) is 9.34. The van der Waals surface area contributed by atoms with Gasteiger partial charge < -0.3 is 0 Å². The molecule has 0 radical (unpaired) electrons. The SMILES string of the molecule is CCc1cccc(C(=O)C(Cl)CC)c1. The molecule has 1 rings (SSSR count). The van der Waals surface area contributed by atoms with Crippen LogP contribution in [0.2, 0.25) is 0 Å². The number of Topliss-reactive ketones (excluding diaryl/α,β-unsaturated/α-hetero) is 1. The van der Waals surface area contributed by atoms with E-state index in [0.29, 0.717) is 6.42 Å². The number of hydrogen-bond donors (Lipinski definition) is 0. The van der Waals surface area contributed by atoms with E-state index in [9.17, 15) is 4.79 Å². The highest BCUT2D eigenvalue weighted by Crippen LogP contribution is 2.13. The molecular formula is C12H15ClO. The number of ketones is 1. The Kier molecular flexibility index (Phi) is 4.15. The molecule has 1 nitrogen and oxygen atoms in total. The van der Waals surface area contributed by atoms with Crippen molar-refractivity contribution >= 4 is 17.4 Å². The standard InChI is InChI=1S/C12H15ClO/c1-3-9-6-5-7-10(8-9)12(14)11(13)4-2/h5-8,11H,3-4H2,1-2H3. The molecule has 14 heavy (non-hydrogen) atoms. The Bertz CT molecular complexity index is 320. The van der Waals surface area contributed by atoms with Gasteiger partial charge >= 0.3 is 0 Å². The lowest BCUT2D eigenvalue weighted by atomic mass is 10.0. The second-order valence-electron chi connectivity index (χ2n) is 3.29. The number of benzene rings is 1. The van der Waals surface area contributed by atoms with Gasteiger partial charge in [-0.15, -0.1) is 11.6 Å². The minimum absolute atomic E-state index is 0.0319. The summed E-state index contributed by atoms with van der Waals surface area (Å²) >= 11 is 5.90. The summed E-state index contributed by atoms with van der Waals surface area (Å²) in [6, 6.07) is 7.68. The maximum atomic E-state index is 11.7. The quantitative estimate of drug-likeness (QED) is 0.550. The highest BCUT2D eigenvalue weighted by atomic mass is 35.5. The van der Waals surface area contributed by atoms with Crippen LogP contribution in [0.4, 0.5) is 0 Å². The van der Waals surface area contributed by atoms with Gasteiger partial charge in [0.25, 0.3) is 0 Å². The number of hydrogen-bond acceptors (Lipinski definition) is 1. The largest absolute Gasteiger partial charge is 0.293 e. The maximum Gasteiger partial charge on any atom is 0.180 e. The van der Waals surface area contributed by atoms with Crippen molar-refractivity contribution in [2.45, 2.75) is 32.1 Å². The molecule has 0 aromatic heterocycles. The number of alkyl halides is 1. The smallest absolute Gasteiger partial charge is 0.180 e. The van der Waals surface area contributed by atoms with Gasteiger partial charge in [0.2, 0.25) is 0 Å². The van der Waals surface area contributed by atoms with Gasteiger partial charge in [0.15, 0.2) is 5.78 Å². The van der Waals surface area contributed by atoms with Crippen molar-refractivity contribution in [3.8, 4) is 0 Å². The molecular weight excluding hydrogens is 196 g/mol. The Labute approximate surface area is 90.1 Å². The van der Waals surface area contributed by atoms with Crippen molar-refractivity contribution in [1.29, 1.82) is 0 Å². The lowest BCUT2D eigenvalue weighted by molar-refractivity contribution is 0.0985. The summed E-state index contributed by atoms with van der Waals surface area (Å²) in [6.45, 7) is 3.99. The lowest BCUT2D eigenvalue weighted by Crippen LogP contribution is -2.13. The lowest BCUT2D eigenvalue weighted by Gasteiger charge is -2.06. The molecule has 0 saturated heterocycles. The first-order valence-electron chi connectivity index (χ1n) is 4.96. The molecule has 1 aromatic rings. The van der Waals surface area contributed by atoms with E-state index in [1.807, 2.05) is 31.2 Å². The number of carbonyl (C=O) groups excluding carboxylic acids is 1. The third kappa shape index (κ3) is 2.58. The fraction of sp³-hybridized carbons (Fsp3) is 0.417. The molecule has 1 aromatic carbocycles. The van der Waals surface area contributed by atoms with Gasteiger partial charge in [-0.1, -0.05) is 32.0 Å². The van der Waals surface area contributed by atoms with Gasteiger partial charge in [0.05, 0.1) is 5.38 Å². The van der Waals surface area contributed by atoms with Crippen LogP contribution in [0.5, 0.6) is 0 Å². The summed E-state index contributed by atoms with van der Waals surface area (Å²) in [5.41, 5.74) is 1.90. The van der Waals surface area contributed by atoms with Gasteiger partial charge in [-0.25, -0.2) is 0 Å². The van der Waals surface area contributed by atoms with Crippen molar-refractivity contribution in [3.05, 3.63) is 35.4 Å². The Morgan fingerprint density at radius 2 is 2.14 bits per heavy atom. The summed E-state index contributed by atoms with van der Waals surface area (Å²) in [5, 5.41) is -0.387. The van der Waals surface area contributed by atoms with Crippen LogP contribution in [0.1, 0.15) is 36.2 Å². The Morgan fingerprint density at radius 1 is 1.43 bits per heavy atom. The van der Waals surface area contributed by atoms with Crippen LogP contribution < -0.4 is 0 Å². The first kappa shape index (κ1) is 11.3. The minimum Gasteiger partial charge on any atom is -0.293 e. The van der Waals surface area contributed by atoms with Gasteiger partial charge in [0, 0.05) is 5.56 Å². The third-order valence-electron chi connectivity index (χ3n) is 2.26. The van der Waals surface area contributed by atoms with Crippen LogP contribution in [-0.2, 0) is 6.42 Å². The van der Waals surface area contributed by atoms with Gasteiger partial charge in [-0.2, -0.15) is 0 Å². The average molecular weight is 211 g/mol. The van der Waals surface area contributed by atoms with E-state index < -0.39 is 0 Å². The van der Waals surface area contributed by atoms with E-state index >= 15 is 0 Å². The molecule has 0 aliphatic rings. The summed E-state index contributed by atoms with van der Waals surface area (Å²) in [7, 11) is 0. The molecule has 1 atom stereocenters. The van der Waals surface area contributed by atoms with Crippen molar-refractivity contribution in [1.82, 2.24) is 0 Å². The molecule has 1 unspecified atom stereocenters. The summed E-state index contributed by atoms with van der Waals surface area (Å²) in [5.74, 6) is 0.0319. The Hall–Kier alpha value is -0.820. The van der Waals surface area contributed by atoms with E-state index in [4.69, 9.17) is 11.6 Å².